The van der Waals surface area contributed by atoms with Crippen LogP contribution in [0.2, 0.25) is 0 Å². The van der Waals surface area contributed by atoms with E-state index in [9.17, 15) is 4.79 Å². The fourth-order valence-corrected chi connectivity index (χ4v) is 4.86. The van der Waals surface area contributed by atoms with E-state index >= 15 is 0 Å². The molecule has 0 N–H and O–H groups in total. The number of hydrogen-bond acceptors (Lipinski definition) is 5. The molecular formula is C20H34N6O. The van der Waals surface area contributed by atoms with E-state index in [1.165, 1.54) is 12.8 Å². The minimum absolute atomic E-state index is 0.298. The quantitative estimate of drug-likeness (QED) is 0.799. The van der Waals surface area contributed by atoms with E-state index in [1.807, 2.05) is 0 Å². The maximum absolute atomic E-state index is 12.6. The van der Waals surface area contributed by atoms with E-state index in [1.54, 1.807) is 0 Å². The number of likely N-dealkylation sites (tertiary alicyclic amines) is 1. The normalized spacial score (nSPS) is 24.0. The highest BCUT2D eigenvalue weighted by Crippen LogP contribution is 2.31. The maximum Gasteiger partial charge on any atom is 0.225 e. The molecule has 27 heavy (non-hydrogen) atoms. The number of nitrogens with zero attached hydrogens (tertiary/aromatic N) is 6. The number of rotatable bonds is 4. The second-order valence-electron chi connectivity index (χ2n) is 8.69. The molecule has 0 spiro atoms. The van der Waals surface area contributed by atoms with Crippen LogP contribution in [-0.4, -0.2) is 81.7 Å². The Bertz CT molecular complexity index is 637. The molecule has 4 rings (SSSR count). The SMILES string of the molecule is CN1CCN(Cc2nnc(C3CCN(C(=O)C4CCCC4)CC3)n2C)CC1. The molecule has 3 heterocycles. The van der Waals surface area contributed by atoms with Gasteiger partial charge in [-0.25, -0.2) is 0 Å². The summed E-state index contributed by atoms with van der Waals surface area (Å²) in [6, 6.07) is 0. The smallest absolute Gasteiger partial charge is 0.225 e. The van der Waals surface area contributed by atoms with Gasteiger partial charge < -0.3 is 14.4 Å². The molecule has 2 aliphatic heterocycles. The Morgan fingerprint density at radius 3 is 2.26 bits per heavy atom. The van der Waals surface area contributed by atoms with Crippen molar-refractivity contribution in [2.45, 2.75) is 51.0 Å². The highest BCUT2D eigenvalue weighted by atomic mass is 16.2. The molecule has 1 aromatic rings. The summed E-state index contributed by atoms with van der Waals surface area (Å²) in [4.78, 5) is 19.6. The van der Waals surface area contributed by atoms with Gasteiger partial charge >= 0.3 is 0 Å². The zero-order valence-electron chi connectivity index (χ0n) is 16.9. The Kier molecular flexibility index (Phi) is 5.78. The van der Waals surface area contributed by atoms with Crippen LogP contribution in [0, 0.1) is 5.92 Å². The van der Waals surface area contributed by atoms with Crippen LogP contribution in [0.25, 0.3) is 0 Å². The second-order valence-corrected chi connectivity index (χ2v) is 8.69. The molecule has 3 fully saturated rings. The number of carbonyl (C=O) groups is 1. The predicted molar refractivity (Wildman–Crippen MR) is 104 cm³/mol. The molecule has 7 heteroatoms. The van der Waals surface area contributed by atoms with Crippen LogP contribution < -0.4 is 0 Å². The highest BCUT2D eigenvalue weighted by Gasteiger charge is 2.32. The lowest BCUT2D eigenvalue weighted by Gasteiger charge is -2.33. The van der Waals surface area contributed by atoms with Gasteiger partial charge in [0.25, 0.3) is 0 Å². The molecule has 3 aliphatic rings. The molecule has 1 aliphatic carbocycles. The van der Waals surface area contributed by atoms with E-state index in [0.29, 0.717) is 17.7 Å². The lowest BCUT2D eigenvalue weighted by molar-refractivity contribution is -0.136. The van der Waals surface area contributed by atoms with E-state index in [4.69, 9.17) is 0 Å². The Balaban J connectivity index is 1.32. The summed E-state index contributed by atoms with van der Waals surface area (Å²) < 4.78 is 2.21. The predicted octanol–water partition coefficient (Wildman–Crippen LogP) is 1.46. The standard InChI is InChI=1S/C20H34N6O/c1-23-11-13-25(14-12-23)15-18-21-22-19(24(18)2)16-7-9-26(10-8-16)20(27)17-5-3-4-6-17/h16-17H,3-15H2,1-2H3. The van der Waals surface area contributed by atoms with Crippen molar-refractivity contribution in [2.24, 2.45) is 13.0 Å². The van der Waals surface area contributed by atoms with Crippen molar-refractivity contribution < 1.29 is 4.79 Å². The summed E-state index contributed by atoms with van der Waals surface area (Å²) in [6.45, 7) is 7.08. The van der Waals surface area contributed by atoms with Crippen LogP contribution in [0.3, 0.4) is 0 Å². The first-order valence-corrected chi connectivity index (χ1v) is 10.7. The number of piperazine rings is 1. The summed E-state index contributed by atoms with van der Waals surface area (Å²) >= 11 is 0. The van der Waals surface area contributed by atoms with Crippen molar-refractivity contribution in [2.75, 3.05) is 46.3 Å². The van der Waals surface area contributed by atoms with Gasteiger partial charge in [0.1, 0.15) is 11.6 Å². The van der Waals surface area contributed by atoms with Crippen LogP contribution in [0.4, 0.5) is 0 Å². The monoisotopic (exact) mass is 374 g/mol. The molecule has 1 aromatic heterocycles. The first-order chi connectivity index (χ1) is 13.1. The maximum atomic E-state index is 12.6. The van der Waals surface area contributed by atoms with Crippen LogP contribution in [0.1, 0.15) is 56.1 Å². The Hall–Kier alpha value is -1.47. The molecule has 0 atom stereocenters. The van der Waals surface area contributed by atoms with Crippen molar-refractivity contribution in [1.82, 2.24) is 29.5 Å². The van der Waals surface area contributed by atoms with E-state index in [2.05, 4.69) is 43.6 Å². The van der Waals surface area contributed by atoms with Crippen molar-refractivity contribution >= 4 is 5.91 Å². The van der Waals surface area contributed by atoms with Gasteiger partial charge in [0.2, 0.25) is 5.91 Å². The van der Waals surface area contributed by atoms with Gasteiger partial charge in [-0.1, -0.05) is 12.8 Å². The minimum atomic E-state index is 0.298. The largest absolute Gasteiger partial charge is 0.342 e. The first kappa shape index (κ1) is 18.9. The molecule has 0 radical (unpaired) electrons. The van der Waals surface area contributed by atoms with Crippen LogP contribution in [-0.2, 0) is 18.4 Å². The zero-order chi connectivity index (χ0) is 18.8. The van der Waals surface area contributed by atoms with E-state index < -0.39 is 0 Å². The van der Waals surface area contributed by atoms with E-state index in [0.717, 1.165) is 83.1 Å². The van der Waals surface area contributed by atoms with Crippen molar-refractivity contribution in [3.63, 3.8) is 0 Å². The number of aromatic nitrogens is 3. The Labute approximate surface area is 162 Å². The number of likely N-dealkylation sites (N-methyl/N-ethyl adjacent to an activating group) is 1. The average Bonchev–Trinajstić information content (AvgIpc) is 3.34. The van der Waals surface area contributed by atoms with Gasteiger partial charge in [-0.2, -0.15) is 0 Å². The average molecular weight is 375 g/mol. The Morgan fingerprint density at radius 2 is 1.59 bits per heavy atom. The third-order valence-electron chi connectivity index (χ3n) is 6.84. The Morgan fingerprint density at radius 1 is 0.926 bits per heavy atom. The topological polar surface area (TPSA) is 57.5 Å². The van der Waals surface area contributed by atoms with Gasteiger partial charge in [-0.3, -0.25) is 9.69 Å². The molecule has 1 saturated carbocycles. The first-order valence-electron chi connectivity index (χ1n) is 10.7. The molecular weight excluding hydrogens is 340 g/mol. The third-order valence-corrected chi connectivity index (χ3v) is 6.84. The number of amides is 1. The molecule has 0 unspecified atom stereocenters. The summed E-state index contributed by atoms with van der Waals surface area (Å²) in [7, 11) is 4.29. The van der Waals surface area contributed by atoms with Gasteiger partial charge in [-0.05, 0) is 32.7 Å². The molecule has 0 bridgehead atoms. The molecule has 7 nitrogen and oxygen atoms in total. The summed E-state index contributed by atoms with van der Waals surface area (Å²) in [5.74, 6) is 3.30. The second kappa shape index (κ2) is 8.27. The number of hydrogen-bond donors (Lipinski definition) is 0. The fraction of sp³-hybridized carbons (Fsp3) is 0.850. The van der Waals surface area contributed by atoms with Gasteiger partial charge in [0, 0.05) is 58.2 Å². The highest BCUT2D eigenvalue weighted by molar-refractivity contribution is 5.79. The molecule has 1 amide bonds. The van der Waals surface area contributed by atoms with Crippen LogP contribution in [0.5, 0.6) is 0 Å². The van der Waals surface area contributed by atoms with E-state index in [-0.39, 0.29) is 0 Å². The van der Waals surface area contributed by atoms with Crippen LogP contribution in [0.15, 0.2) is 0 Å². The van der Waals surface area contributed by atoms with Gasteiger partial charge in [0.15, 0.2) is 0 Å². The number of carbonyl (C=O) groups excluding carboxylic acids is 1. The van der Waals surface area contributed by atoms with Crippen molar-refractivity contribution in [3.8, 4) is 0 Å². The summed E-state index contributed by atoms with van der Waals surface area (Å²) in [5, 5.41) is 9.04. The summed E-state index contributed by atoms with van der Waals surface area (Å²) in [6.07, 6.45) is 6.66. The van der Waals surface area contributed by atoms with Crippen molar-refractivity contribution in [3.05, 3.63) is 11.6 Å². The zero-order valence-corrected chi connectivity index (χ0v) is 16.9. The fourth-order valence-electron chi connectivity index (χ4n) is 4.86. The van der Waals surface area contributed by atoms with Crippen LogP contribution >= 0.6 is 0 Å². The molecule has 0 aromatic carbocycles. The van der Waals surface area contributed by atoms with Gasteiger partial charge in [0.05, 0.1) is 6.54 Å². The lowest BCUT2D eigenvalue weighted by Crippen LogP contribution is -2.44. The molecule has 2 saturated heterocycles. The number of piperidine rings is 1. The lowest BCUT2D eigenvalue weighted by atomic mass is 9.94. The summed E-state index contributed by atoms with van der Waals surface area (Å²) in [5.41, 5.74) is 0. The minimum Gasteiger partial charge on any atom is -0.342 e. The van der Waals surface area contributed by atoms with Crippen molar-refractivity contribution in [1.29, 1.82) is 0 Å². The molecule has 150 valence electrons. The van der Waals surface area contributed by atoms with Gasteiger partial charge in [-0.15, -0.1) is 10.2 Å². The third kappa shape index (κ3) is 4.19.